The van der Waals surface area contributed by atoms with Crippen LogP contribution in [0.5, 0.6) is 0 Å². The molecule has 2 saturated carbocycles. The Morgan fingerprint density at radius 2 is 2.20 bits per heavy atom. The highest BCUT2D eigenvalue weighted by Gasteiger charge is 2.62. The first-order valence-corrected chi connectivity index (χ1v) is 7.38. The summed E-state index contributed by atoms with van der Waals surface area (Å²) in [5.74, 6) is 1.16. The number of hydrogen-bond donors (Lipinski definition) is 1. The highest BCUT2D eigenvalue weighted by atomic mass is 16.6. The number of nitrogens with two attached hydrogens (primary N) is 1. The van der Waals surface area contributed by atoms with Crippen molar-refractivity contribution < 1.29 is 13.9 Å². The molecule has 0 aliphatic heterocycles. The zero-order chi connectivity index (χ0) is 14.5. The highest BCUT2D eigenvalue weighted by molar-refractivity contribution is 5.86. The molecule has 2 aliphatic carbocycles. The van der Waals surface area contributed by atoms with E-state index in [4.69, 9.17) is 14.9 Å². The van der Waals surface area contributed by atoms with Crippen molar-refractivity contribution in [3.63, 3.8) is 0 Å². The Morgan fingerprint density at radius 1 is 1.45 bits per heavy atom. The van der Waals surface area contributed by atoms with Crippen LogP contribution in [0.4, 0.5) is 0 Å². The van der Waals surface area contributed by atoms with Gasteiger partial charge in [-0.05, 0) is 42.7 Å². The van der Waals surface area contributed by atoms with Gasteiger partial charge in [0, 0.05) is 5.41 Å². The molecule has 2 N–H and O–H groups in total. The number of carbonyl (C=O) groups excluding carboxylic acids is 1. The van der Waals surface area contributed by atoms with E-state index in [2.05, 4.69) is 20.8 Å². The van der Waals surface area contributed by atoms with Crippen LogP contribution in [0.1, 0.15) is 56.3 Å². The van der Waals surface area contributed by atoms with E-state index in [9.17, 15) is 4.79 Å². The molecular weight excluding hydrogens is 254 g/mol. The molecule has 1 aromatic rings. The predicted molar refractivity (Wildman–Crippen MR) is 75.0 cm³/mol. The van der Waals surface area contributed by atoms with E-state index in [0.717, 1.165) is 12.8 Å². The third-order valence-corrected chi connectivity index (χ3v) is 6.03. The average Bonchev–Trinajstić information content (AvgIpc) is 3.01. The lowest BCUT2D eigenvalue weighted by molar-refractivity contribution is -0.0266. The number of hydrogen-bond acceptors (Lipinski definition) is 4. The highest BCUT2D eigenvalue weighted by Crippen LogP contribution is 2.66. The summed E-state index contributed by atoms with van der Waals surface area (Å²) in [6.07, 6.45) is 3.35. The molecule has 2 bridgehead atoms. The molecule has 0 spiro atoms. The van der Waals surface area contributed by atoms with Crippen LogP contribution in [0.15, 0.2) is 16.5 Å². The average molecular weight is 277 g/mol. The molecule has 20 heavy (non-hydrogen) atoms. The van der Waals surface area contributed by atoms with Gasteiger partial charge in [0.2, 0.25) is 5.76 Å². The zero-order valence-corrected chi connectivity index (χ0v) is 12.4. The van der Waals surface area contributed by atoms with E-state index < -0.39 is 0 Å². The maximum atomic E-state index is 12.2. The summed E-state index contributed by atoms with van der Waals surface area (Å²) < 4.78 is 11.1. The molecule has 3 unspecified atom stereocenters. The van der Waals surface area contributed by atoms with Crippen molar-refractivity contribution in [3.8, 4) is 0 Å². The molecule has 2 fully saturated rings. The van der Waals surface area contributed by atoms with Crippen molar-refractivity contribution in [1.29, 1.82) is 0 Å². The summed E-state index contributed by atoms with van der Waals surface area (Å²) >= 11 is 0. The predicted octanol–water partition coefficient (Wildman–Crippen LogP) is 3.11. The first-order chi connectivity index (χ1) is 9.38. The Hall–Kier alpha value is -1.29. The Kier molecular flexibility index (Phi) is 2.98. The molecule has 110 valence electrons. The smallest absolute Gasteiger partial charge is 0.374 e. The van der Waals surface area contributed by atoms with E-state index in [1.165, 1.54) is 6.42 Å². The van der Waals surface area contributed by atoms with E-state index in [1.54, 1.807) is 12.1 Å². The van der Waals surface area contributed by atoms with Crippen LogP contribution in [-0.2, 0) is 11.3 Å². The van der Waals surface area contributed by atoms with Crippen molar-refractivity contribution in [3.05, 3.63) is 23.7 Å². The molecule has 4 heteroatoms. The summed E-state index contributed by atoms with van der Waals surface area (Å²) in [7, 11) is 0. The van der Waals surface area contributed by atoms with Crippen molar-refractivity contribution in [1.82, 2.24) is 0 Å². The van der Waals surface area contributed by atoms with Gasteiger partial charge < -0.3 is 14.9 Å². The van der Waals surface area contributed by atoms with Crippen LogP contribution >= 0.6 is 0 Å². The molecule has 0 aromatic carbocycles. The van der Waals surface area contributed by atoms with E-state index in [1.807, 2.05) is 0 Å². The summed E-state index contributed by atoms with van der Waals surface area (Å²) in [6.45, 7) is 7.16. The quantitative estimate of drug-likeness (QED) is 0.862. The fourth-order valence-corrected chi connectivity index (χ4v) is 4.09. The number of rotatable bonds is 3. The Balaban J connectivity index is 1.75. The molecule has 0 saturated heterocycles. The van der Waals surface area contributed by atoms with Gasteiger partial charge in [0.1, 0.15) is 11.9 Å². The molecule has 1 heterocycles. The van der Waals surface area contributed by atoms with E-state index in [-0.39, 0.29) is 28.7 Å². The second kappa shape index (κ2) is 4.35. The molecular formula is C16H23NO3. The molecule has 0 amide bonds. The summed E-state index contributed by atoms with van der Waals surface area (Å²) in [5.41, 5.74) is 5.81. The van der Waals surface area contributed by atoms with Gasteiger partial charge in [0.25, 0.3) is 0 Å². The second-order valence-electron chi connectivity index (χ2n) is 6.97. The zero-order valence-electron chi connectivity index (χ0n) is 12.4. The van der Waals surface area contributed by atoms with Crippen LogP contribution in [-0.4, -0.2) is 12.1 Å². The number of ether oxygens (including phenoxy) is 1. The first kappa shape index (κ1) is 13.7. The summed E-state index contributed by atoms with van der Waals surface area (Å²) in [4.78, 5) is 12.2. The SMILES string of the molecule is CC1(C)C2CCC1(C)C(OC(=O)c1ccc(CN)o1)C2. The van der Waals surface area contributed by atoms with Crippen LogP contribution < -0.4 is 5.73 Å². The van der Waals surface area contributed by atoms with Crippen LogP contribution in [0.2, 0.25) is 0 Å². The molecule has 4 nitrogen and oxygen atoms in total. The van der Waals surface area contributed by atoms with Gasteiger partial charge in [-0.2, -0.15) is 0 Å². The molecule has 1 aromatic heterocycles. The lowest BCUT2D eigenvalue weighted by atomic mass is 9.70. The number of carbonyl (C=O) groups is 1. The Bertz CT molecular complexity index is 534. The maximum absolute atomic E-state index is 12.2. The second-order valence-corrected chi connectivity index (χ2v) is 6.97. The third-order valence-electron chi connectivity index (χ3n) is 6.03. The van der Waals surface area contributed by atoms with Gasteiger partial charge in [0.15, 0.2) is 0 Å². The lowest BCUT2D eigenvalue weighted by Crippen LogP contribution is -2.38. The van der Waals surface area contributed by atoms with Crippen molar-refractivity contribution >= 4 is 5.97 Å². The molecule has 3 rings (SSSR count). The lowest BCUT2D eigenvalue weighted by Gasteiger charge is -2.38. The van der Waals surface area contributed by atoms with Gasteiger partial charge >= 0.3 is 5.97 Å². The van der Waals surface area contributed by atoms with Crippen molar-refractivity contribution in [2.75, 3.05) is 0 Å². The minimum absolute atomic E-state index is 0.00447. The minimum atomic E-state index is -0.362. The Labute approximate surface area is 119 Å². The minimum Gasteiger partial charge on any atom is -0.456 e. The van der Waals surface area contributed by atoms with Crippen molar-refractivity contribution in [2.45, 2.75) is 52.7 Å². The molecule has 0 radical (unpaired) electrons. The van der Waals surface area contributed by atoms with Crippen LogP contribution in [0, 0.1) is 16.7 Å². The monoisotopic (exact) mass is 277 g/mol. The fraction of sp³-hybridized carbons (Fsp3) is 0.688. The van der Waals surface area contributed by atoms with Crippen LogP contribution in [0.3, 0.4) is 0 Å². The normalized spacial score (nSPS) is 34.4. The Morgan fingerprint density at radius 3 is 2.70 bits per heavy atom. The van der Waals surface area contributed by atoms with Crippen LogP contribution in [0.25, 0.3) is 0 Å². The number of esters is 1. The van der Waals surface area contributed by atoms with Gasteiger partial charge in [-0.3, -0.25) is 0 Å². The topological polar surface area (TPSA) is 65.5 Å². The van der Waals surface area contributed by atoms with Gasteiger partial charge in [0.05, 0.1) is 6.54 Å². The fourth-order valence-electron chi connectivity index (χ4n) is 4.09. The van der Waals surface area contributed by atoms with E-state index in [0.29, 0.717) is 18.2 Å². The molecule has 2 aliphatic rings. The summed E-state index contributed by atoms with van der Waals surface area (Å²) in [5, 5.41) is 0. The number of furan rings is 1. The summed E-state index contributed by atoms with van der Waals surface area (Å²) in [6, 6.07) is 3.37. The van der Waals surface area contributed by atoms with Gasteiger partial charge in [-0.1, -0.05) is 20.8 Å². The number of fused-ring (bicyclic) bond motifs is 2. The largest absolute Gasteiger partial charge is 0.456 e. The molecule has 3 atom stereocenters. The third kappa shape index (κ3) is 1.74. The van der Waals surface area contributed by atoms with Gasteiger partial charge in [-0.25, -0.2) is 4.79 Å². The maximum Gasteiger partial charge on any atom is 0.374 e. The van der Waals surface area contributed by atoms with Gasteiger partial charge in [-0.15, -0.1) is 0 Å². The van der Waals surface area contributed by atoms with Crippen molar-refractivity contribution in [2.24, 2.45) is 22.5 Å². The van der Waals surface area contributed by atoms with E-state index >= 15 is 0 Å². The standard InChI is InChI=1S/C16H23NO3/c1-15(2)10-6-7-16(15,3)13(8-10)20-14(18)12-5-4-11(9-17)19-12/h4-5,10,13H,6-9,17H2,1-3H3. The first-order valence-electron chi connectivity index (χ1n) is 7.38.